The quantitative estimate of drug-likeness (QED) is 0.140. The minimum Gasteiger partial charge on any atom is -0.481 e. The van der Waals surface area contributed by atoms with Crippen molar-refractivity contribution in [3.63, 3.8) is 0 Å². The van der Waals surface area contributed by atoms with Gasteiger partial charge in [-0.25, -0.2) is 4.98 Å². The summed E-state index contributed by atoms with van der Waals surface area (Å²) in [5, 5.41) is 18.0. The van der Waals surface area contributed by atoms with E-state index in [1.807, 2.05) is 51.2 Å². The molecule has 0 radical (unpaired) electrons. The number of aromatic nitrogens is 1. The van der Waals surface area contributed by atoms with Crippen molar-refractivity contribution in [2.75, 3.05) is 20.6 Å². The maximum Gasteiger partial charge on any atom is 0.306 e. The number of hydrogen-bond acceptors (Lipinski definition) is 9. The second-order valence-corrected chi connectivity index (χ2v) is 19.6. The van der Waals surface area contributed by atoms with E-state index in [1.165, 1.54) is 18.3 Å². The lowest BCUT2D eigenvalue weighted by molar-refractivity contribution is -0.270. The molecule has 2 aromatic rings. The first kappa shape index (κ1) is 44.3. The van der Waals surface area contributed by atoms with Gasteiger partial charge in [-0.05, 0) is 87.3 Å². The zero-order chi connectivity index (χ0) is 41.9. The first-order valence-corrected chi connectivity index (χ1v) is 21.6. The number of carboxylic acid groups (broad SMARTS) is 1. The maximum absolute atomic E-state index is 14.8. The number of carbonyl (C=O) groups is 5. The Morgan fingerprint density at radius 2 is 1.70 bits per heavy atom. The number of esters is 1. The van der Waals surface area contributed by atoms with Crippen molar-refractivity contribution in [1.29, 1.82) is 0 Å². The fourth-order valence-corrected chi connectivity index (χ4v) is 10.4. The van der Waals surface area contributed by atoms with Gasteiger partial charge in [0.25, 0.3) is 5.91 Å². The van der Waals surface area contributed by atoms with Crippen LogP contribution in [-0.2, 0) is 30.3 Å². The highest BCUT2D eigenvalue weighted by atomic mass is 32.1. The molecule has 57 heavy (non-hydrogen) atoms. The lowest BCUT2D eigenvalue weighted by atomic mass is 9.28. The molecule has 1 aliphatic heterocycles. The van der Waals surface area contributed by atoms with Gasteiger partial charge in [0.1, 0.15) is 16.7 Å². The van der Waals surface area contributed by atoms with E-state index in [4.69, 9.17) is 4.74 Å². The molecular formula is C44H65N5O7S. The third-order valence-corrected chi connectivity index (χ3v) is 14.2. The molecule has 2 bridgehead atoms. The third-order valence-electron chi connectivity index (χ3n) is 13.3. The van der Waals surface area contributed by atoms with Crippen molar-refractivity contribution in [2.24, 2.45) is 28.1 Å². The number of nitrogens with zero attached hydrogens (tertiary/aromatic N) is 3. The van der Waals surface area contributed by atoms with Crippen molar-refractivity contribution in [3.05, 3.63) is 52.0 Å². The van der Waals surface area contributed by atoms with Crippen LogP contribution >= 0.6 is 11.3 Å². The summed E-state index contributed by atoms with van der Waals surface area (Å²) in [5.74, 6) is -2.81. The molecule has 4 aliphatic rings. The molecule has 13 heteroatoms. The molecule has 314 valence electrons. The van der Waals surface area contributed by atoms with Crippen LogP contribution in [0.3, 0.4) is 0 Å². The maximum atomic E-state index is 14.8. The van der Waals surface area contributed by atoms with E-state index < -0.39 is 42.0 Å². The van der Waals surface area contributed by atoms with Crippen molar-refractivity contribution in [2.45, 2.75) is 143 Å². The zero-order valence-corrected chi connectivity index (χ0v) is 36.2. The Morgan fingerprint density at radius 3 is 2.28 bits per heavy atom. The van der Waals surface area contributed by atoms with Gasteiger partial charge in [-0.15, -0.1) is 11.3 Å². The van der Waals surface area contributed by atoms with Gasteiger partial charge in [0.05, 0.1) is 12.0 Å². The molecular weight excluding hydrogens is 743 g/mol. The van der Waals surface area contributed by atoms with Crippen LogP contribution in [0.1, 0.15) is 133 Å². The molecule has 3 aliphatic carbocycles. The van der Waals surface area contributed by atoms with E-state index >= 15 is 0 Å². The third kappa shape index (κ3) is 10.1. The Hall–Kier alpha value is -3.84. The summed E-state index contributed by atoms with van der Waals surface area (Å²) < 4.78 is 5.86. The van der Waals surface area contributed by atoms with E-state index in [0.29, 0.717) is 17.8 Å². The highest BCUT2D eigenvalue weighted by molar-refractivity contribution is 7.09. The summed E-state index contributed by atoms with van der Waals surface area (Å²) in [6.45, 7) is 14.6. The highest BCUT2D eigenvalue weighted by Gasteiger charge is 2.75. The van der Waals surface area contributed by atoms with E-state index in [-0.39, 0.29) is 64.6 Å². The first-order valence-electron chi connectivity index (χ1n) is 20.7. The fourth-order valence-electron chi connectivity index (χ4n) is 9.51. The standard InChI is InChI=1S/C44H65N5O7S/c1-27(2)34(49(9)40(53)36(43-24-44(25-43,26-43)42(5,6)7)47-38(52)33-17-13-14-20-48(33)8)22-35(56-29(4)50)39-46-32(23-57-39)37(51)45-31(21-28(3)41(54)55)19-18-30-15-11-10-12-16-30/h10-12,15-16,23,27-28,31,33-36H,13-14,17-22,24-26H2,1-9H3,(H,45,51)(H,47,52)(H,54,55)/t28-,31-,33+,34+,35+,36+,43?,44?/m0/s1. The summed E-state index contributed by atoms with van der Waals surface area (Å²) in [7, 11) is 3.76. The number of piperidine rings is 1. The highest BCUT2D eigenvalue weighted by Crippen LogP contribution is 2.80. The SMILES string of the molecule is CC(=O)O[C@H](C[C@H](C(C)C)N(C)C(=O)[C@@H](NC(=O)[C@H]1CCCCN1C)C12CC(C(C)(C)C)(C1)C2)c1nc(C(=O)N[C@@H](CCc2ccccc2)C[C@H](C)C(=O)O)cs1. The lowest BCUT2D eigenvalue weighted by Gasteiger charge is -2.77. The number of benzene rings is 1. The molecule has 1 saturated heterocycles. The van der Waals surface area contributed by atoms with E-state index in [1.54, 1.807) is 24.3 Å². The summed E-state index contributed by atoms with van der Waals surface area (Å²) in [6.07, 6.45) is 6.35. The summed E-state index contributed by atoms with van der Waals surface area (Å²) in [4.78, 5) is 75.0. The van der Waals surface area contributed by atoms with Crippen LogP contribution in [0.15, 0.2) is 35.7 Å². The Morgan fingerprint density at radius 1 is 1.04 bits per heavy atom. The van der Waals surface area contributed by atoms with Crippen molar-refractivity contribution in [3.8, 4) is 0 Å². The van der Waals surface area contributed by atoms with Gasteiger partial charge in [-0.2, -0.15) is 0 Å². The number of ether oxygens (including phenoxy) is 1. The molecule has 6 atom stereocenters. The number of carbonyl (C=O) groups excluding carboxylic acids is 4. The van der Waals surface area contributed by atoms with E-state index in [0.717, 1.165) is 50.6 Å². The average molecular weight is 808 g/mol. The monoisotopic (exact) mass is 807 g/mol. The Balaban J connectivity index is 1.33. The smallest absolute Gasteiger partial charge is 0.306 e. The second-order valence-electron chi connectivity index (χ2n) is 18.7. The number of amides is 3. The summed E-state index contributed by atoms with van der Waals surface area (Å²) in [5.41, 5.74) is 1.21. The topological polar surface area (TPSA) is 158 Å². The van der Waals surface area contributed by atoms with E-state index in [2.05, 4.69) is 41.3 Å². The molecule has 0 spiro atoms. The van der Waals surface area contributed by atoms with Crippen LogP contribution in [0.5, 0.6) is 0 Å². The van der Waals surface area contributed by atoms with E-state index in [9.17, 15) is 29.1 Å². The van der Waals surface area contributed by atoms with Crippen molar-refractivity contribution in [1.82, 2.24) is 25.4 Å². The summed E-state index contributed by atoms with van der Waals surface area (Å²) in [6, 6.07) is 8.10. The molecule has 1 aromatic heterocycles. The largest absolute Gasteiger partial charge is 0.481 e. The van der Waals surface area contributed by atoms with Gasteiger partial charge < -0.3 is 25.4 Å². The fraction of sp³-hybridized carbons (Fsp3) is 0.682. The van der Waals surface area contributed by atoms with Gasteiger partial charge >= 0.3 is 11.9 Å². The van der Waals surface area contributed by atoms with Crippen LogP contribution in [-0.4, -0.2) is 94.4 Å². The van der Waals surface area contributed by atoms with Crippen LogP contribution < -0.4 is 10.6 Å². The number of carboxylic acids is 1. The molecule has 6 rings (SSSR count). The molecule has 3 saturated carbocycles. The van der Waals surface area contributed by atoms with Gasteiger partial charge in [0, 0.05) is 43.3 Å². The first-order chi connectivity index (χ1) is 26.8. The Kier molecular flexibility index (Phi) is 14.0. The molecule has 2 heterocycles. The number of aryl methyl sites for hydroxylation is 1. The number of likely N-dealkylation sites (tertiary alicyclic amines) is 1. The van der Waals surface area contributed by atoms with Crippen LogP contribution in [0, 0.1) is 28.1 Å². The van der Waals surface area contributed by atoms with Gasteiger partial charge in [-0.1, -0.05) is 78.3 Å². The zero-order valence-electron chi connectivity index (χ0n) is 35.4. The van der Waals surface area contributed by atoms with Crippen LogP contribution in [0.25, 0.3) is 0 Å². The Bertz CT molecular complexity index is 1740. The second kappa shape index (κ2) is 18.0. The molecule has 1 aromatic carbocycles. The minimum absolute atomic E-state index is 0.0453. The number of thiazole rings is 1. The average Bonchev–Trinajstić information content (AvgIpc) is 3.60. The van der Waals surface area contributed by atoms with Gasteiger partial charge in [-0.3, -0.25) is 28.9 Å². The molecule has 3 amide bonds. The number of rotatable bonds is 18. The van der Waals surface area contributed by atoms with Gasteiger partial charge in [0.2, 0.25) is 11.8 Å². The molecule has 3 N–H and O–H groups in total. The van der Waals surface area contributed by atoms with Gasteiger partial charge in [0.15, 0.2) is 6.10 Å². The molecule has 0 unspecified atom stereocenters. The minimum atomic E-state index is -0.930. The normalized spacial score (nSPS) is 24.5. The molecule has 12 nitrogen and oxygen atoms in total. The predicted octanol–water partition coefficient (Wildman–Crippen LogP) is 6.65. The molecule has 4 fully saturated rings. The van der Waals surface area contributed by atoms with Crippen LogP contribution in [0.4, 0.5) is 0 Å². The number of aliphatic carboxylic acids is 1. The lowest BCUT2D eigenvalue weighted by Crippen LogP contribution is -2.76. The number of hydrogen-bond donors (Lipinski definition) is 3. The number of likely N-dealkylation sites (N-methyl/N-ethyl adjacent to an activating group) is 2. The van der Waals surface area contributed by atoms with Crippen LogP contribution in [0.2, 0.25) is 0 Å². The summed E-state index contributed by atoms with van der Waals surface area (Å²) >= 11 is 1.21. The number of nitrogens with one attached hydrogen (secondary N) is 2. The van der Waals surface area contributed by atoms with Crippen molar-refractivity contribution >= 4 is 41.0 Å². The predicted molar refractivity (Wildman–Crippen MR) is 220 cm³/mol. The van der Waals surface area contributed by atoms with Crippen molar-refractivity contribution < 1.29 is 33.8 Å². The Labute approximate surface area is 342 Å².